The average Bonchev–Trinajstić information content (AvgIpc) is 2.47. The molecule has 0 saturated heterocycles. The third kappa shape index (κ3) is 3.43. The van der Waals surface area contributed by atoms with E-state index in [4.69, 9.17) is 11.6 Å². The summed E-state index contributed by atoms with van der Waals surface area (Å²) in [7, 11) is 3.30. The average molecular weight is 321 g/mol. The lowest BCUT2D eigenvalue weighted by Crippen LogP contribution is -2.21. The fraction of sp³-hybridized carbons (Fsp3) is 0.125. The van der Waals surface area contributed by atoms with Gasteiger partial charge in [0.1, 0.15) is 5.82 Å². The number of hydrogen-bond donors (Lipinski definition) is 1. The normalized spacial score (nSPS) is 10.2. The van der Waals surface area contributed by atoms with E-state index in [0.29, 0.717) is 11.3 Å². The van der Waals surface area contributed by atoms with Crippen LogP contribution in [0.4, 0.5) is 10.1 Å². The summed E-state index contributed by atoms with van der Waals surface area (Å²) in [6.07, 6.45) is 0. The topological polar surface area (TPSA) is 49.4 Å². The molecule has 0 aliphatic carbocycles. The number of benzene rings is 2. The van der Waals surface area contributed by atoms with Crippen molar-refractivity contribution in [1.82, 2.24) is 4.90 Å². The molecule has 22 heavy (non-hydrogen) atoms. The molecule has 2 aromatic carbocycles. The van der Waals surface area contributed by atoms with Crippen LogP contribution < -0.4 is 5.32 Å². The second-order valence-corrected chi connectivity index (χ2v) is 5.23. The van der Waals surface area contributed by atoms with Gasteiger partial charge in [0.15, 0.2) is 0 Å². The second kappa shape index (κ2) is 6.58. The van der Waals surface area contributed by atoms with Crippen molar-refractivity contribution in [1.29, 1.82) is 0 Å². The highest BCUT2D eigenvalue weighted by Crippen LogP contribution is 2.20. The lowest BCUT2D eigenvalue weighted by atomic mass is 10.1. The molecule has 0 saturated carbocycles. The Morgan fingerprint density at radius 1 is 1.09 bits per heavy atom. The highest BCUT2D eigenvalue weighted by molar-refractivity contribution is 6.34. The first-order valence-electron chi connectivity index (χ1n) is 6.47. The number of carbonyl (C=O) groups excluding carboxylic acids is 2. The van der Waals surface area contributed by atoms with Crippen LogP contribution in [0.3, 0.4) is 0 Å². The Balaban J connectivity index is 2.18. The van der Waals surface area contributed by atoms with Crippen molar-refractivity contribution < 1.29 is 14.0 Å². The van der Waals surface area contributed by atoms with Gasteiger partial charge in [-0.15, -0.1) is 0 Å². The summed E-state index contributed by atoms with van der Waals surface area (Å²) < 4.78 is 13.7. The predicted molar refractivity (Wildman–Crippen MR) is 83.8 cm³/mol. The fourth-order valence-corrected chi connectivity index (χ4v) is 2.11. The molecule has 1 N–H and O–H groups in total. The minimum absolute atomic E-state index is 0.0388. The maximum Gasteiger partial charge on any atom is 0.260 e. The molecular weight excluding hydrogens is 307 g/mol. The first-order chi connectivity index (χ1) is 10.4. The maximum atomic E-state index is 13.7. The van der Waals surface area contributed by atoms with Gasteiger partial charge < -0.3 is 10.2 Å². The van der Waals surface area contributed by atoms with Crippen LogP contribution in [0.2, 0.25) is 5.02 Å². The van der Waals surface area contributed by atoms with Crippen LogP contribution in [0, 0.1) is 5.82 Å². The molecular formula is C16H14ClFN2O2. The number of amides is 2. The van der Waals surface area contributed by atoms with Crippen molar-refractivity contribution in [3.8, 4) is 0 Å². The summed E-state index contributed by atoms with van der Waals surface area (Å²) >= 11 is 5.84. The lowest BCUT2D eigenvalue weighted by Gasteiger charge is -2.11. The maximum absolute atomic E-state index is 13.7. The summed E-state index contributed by atoms with van der Waals surface area (Å²) in [5.41, 5.74) is 0.726. The van der Waals surface area contributed by atoms with E-state index in [-0.39, 0.29) is 16.5 Å². The Labute approximate surface area is 132 Å². The van der Waals surface area contributed by atoms with Gasteiger partial charge in [-0.3, -0.25) is 9.59 Å². The van der Waals surface area contributed by atoms with Gasteiger partial charge in [0.05, 0.1) is 10.6 Å². The van der Waals surface area contributed by atoms with Crippen LogP contribution in [0.15, 0.2) is 42.5 Å². The number of nitrogens with one attached hydrogen (secondary N) is 1. The molecule has 6 heteroatoms. The minimum atomic E-state index is -0.690. The molecule has 0 heterocycles. The monoisotopic (exact) mass is 320 g/mol. The number of carbonyl (C=O) groups is 2. The van der Waals surface area contributed by atoms with Gasteiger partial charge in [-0.2, -0.15) is 0 Å². The summed E-state index contributed by atoms with van der Waals surface area (Å²) in [4.78, 5) is 25.3. The van der Waals surface area contributed by atoms with Crippen molar-refractivity contribution in [3.05, 3.63) is 64.4 Å². The van der Waals surface area contributed by atoms with E-state index in [1.807, 2.05) is 0 Å². The zero-order valence-electron chi connectivity index (χ0n) is 12.1. The molecule has 2 aromatic rings. The molecule has 2 rings (SSSR count). The van der Waals surface area contributed by atoms with Gasteiger partial charge in [-0.05, 0) is 36.4 Å². The van der Waals surface area contributed by atoms with Crippen LogP contribution in [0.1, 0.15) is 20.7 Å². The third-order valence-electron chi connectivity index (χ3n) is 2.99. The SMILES string of the molecule is CN(C)C(=O)c1ccc(NC(=O)c2c(F)cccc2Cl)cc1. The molecule has 4 nitrogen and oxygen atoms in total. The van der Waals surface area contributed by atoms with Crippen molar-refractivity contribution in [2.45, 2.75) is 0 Å². The second-order valence-electron chi connectivity index (χ2n) is 4.83. The molecule has 0 unspecified atom stereocenters. The number of nitrogens with zero attached hydrogens (tertiary/aromatic N) is 1. The van der Waals surface area contributed by atoms with Gasteiger partial charge in [-0.1, -0.05) is 17.7 Å². The lowest BCUT2D eigenvalue weighted by molar-refractivity contribution is 0.0827. The highest BCUT2D eigenvalue weighted by Gasteiger charge is 2.16. The minimum Gasteiger partial charge on any atom is -0.345 e. The van der Waals surface area contributed by atoms with E-state index < -0.39 is 11.7 Å². The van der Waals surface area contributed by atoms with Gasteiger partial charge in [-0.25, -0.2) is 4.39 Å². The van der Waals surface area contributed by atoms with Crippen LogP contribution in [-0.2, 0) is 0 Å². The zero-order valence-corrected chi connectivity index (χ0v) is 12.8. The van der Waals surface area contributed by atoms with Gasteiger partial charge in [0, 0.05) is 25.3 Å². The van der Waals surface area contributed by atoms with Crippen LogP contribution in [0.25, 0.3) is 0 Å². The van der Waals surface area contributed by atoms with Crippen molar-refractivity contribution >= 4 is 29.1 Å². The molecule has 0 bridgehead atoms. The Morgan fingerprint density at radius 3 is 2.27 bits per heavy atom. The molecule has 0 radical (unpaired) electrons. The third-order valence-corrected chi connectivity index (χ3v) is 3.30. The standard InChI is InChI=1S/C16H14ClFN2O2/c1-20(2)16(22)10-6-8-11(9-7-10)19-15(21)14-12(17)4-3-5-13(14)18/h3-9H,1-2H3,(H,19,21). The van der Waals surface area contributed by atoms with E-state index >= 15 is 0 Å². The quantitative estimate of drug-likeness (QED) is 0.942. The molecule has 2 amide bonds. The largest absolute Gasteiger partial charge is 0.345 e. The Bertz CT molecular complexity index is 694. The Morgan fingerprint density at radius 2 is 1.73 bits per heavy atom. The number of halogens is 2. The fourth-order valence-electron chi connectivity index (χ4n) is 1.86. The molecule has 0 atom stereocenters. The molecule has 0 aliphatic heterocycles. The van der Waals surface area contributed by atoms with E-state index in [1.165, 1.54) is 23.1 Å². The van der Waals surface area contributed by atoms with Crippen LogP contribution in [0.5, 0.6) is 0 Å². The highest BCUT2D eigenvalue weighted by atomic mass is 35.5. The van der Waals surface area contributed by atoms with E-state index in [1.54, 1.807) is 38.4 Å². The van der Waals surface area contributed by atoms with E-state index in [0.717, 1.165) is 0 Å². The molecule has 114 valence electrons. The van der Waals surface area contributed by atoms with Crippen molar-refractivity contribution in [3.63, 3.8) is 0 Å². The summed E-state index contributed by atoms with van der Waals surface area (Å²) in [5.74, 6) is -1.48. The predicted octanol–water partition coefficient (Wildman–Crippen LogP) is 3.43. The van der Waals surface area contributed by atoms with Crippen molar-refractivity contribution in [2.24, 2.45) is 0 Å². The molecule has 0 fully saturated rings. The van der Waals surface area contributed by atoms with Gasteiger partial charge in [0.25, 0.3) is 11.8 Å². The summed E-state index contributed by atoms with van der Waals surface area (Å²) in [5, 5.41) is 2.59. The van der Waals surface area contributed by atoms with Crippen LogP contribution in [-0.4, -0.2) is 30.8 Å². The van der Waals surface area contributed by atoms with E-state index in [9.17, 15) is 14.0 Å². The van der Waals surface area contributed by atoms with Gasteiger partial charge in [0.2, 0.25) is 0 Å². The first-order valence-corrected chi connectivity index (χ1v) is 6.85. The number of anilines is 1. The summed E-state index contributed by atoms with van der Waals surface area (Å²) in [6.45, 7) is 0. The Kier molecular flexibility index (Phi) is 4.78. The smallest absolute Gasteiger partial charge is 0.260 e. The zero-order chi connectivity index (χ0) is 16.3. The summed E-state index contributed by atoms with van der Waals surface area (Å²) in [6, 6.07) is 10.3. The van der Waals surface area contributed by atoms with Gasteiger partial charge >= 0.3 is 0 Å². The molecule has 0 aliphatic rings. The van der Waals surface area contributed by atoms with Crippen LogP contribution >= 0.6 is 11.6 Å². The van der Waals surface area contributed by atoms with Crippen molar-refractivity contribution in [2.75, 3.05) is 19.4 Å². The van der Waals surface area contributed by atoms with E-state index in [2.05, 4.69) is 5.32 Å². The molecule has 0 spiro atoms. The number of rotatable bonds is 3. The molecule has 0 aromatic heterocycles. The number of hydrogen-bond acceptors (Lipinski definition) is 2. The first kappa shape index (κ1) is 16.0. The Hall–Kier alpha value is -2.40.